The van der Waals surface area contributed by atoms with Gasteiger partial charge in [-0.05, 0) is 72.1 Å². The fourth-order valence-electron chi connectivity index (χ4n) is 6.57. The van der Waals surface area contributed by atoms with Gasteiger partial charge in [0, 0.05) is 35.5 Å². The first-order chi connectivity index (χ1) is 23.3. The number of carbonyl (C=O) groups excluding carboxylic acids is 2. The van der Waals surface area contributed by atoms with Gasteiger partial charge in [0.05, 0.1) is 13.2 Å². The fraction of sp³-hybridized carbons (Fsp3) is 0.417. The minimum absolute atomic E-state index is 0.0361. The van der Waals surface area contributed by atoms with Crippen molar-refractivity contribution in [2.75, 3.05) is 32.8 Å². The van der Waals surface area contributed by atoms with Gasteiger partial charge >= 0.3 is 18.2 Å². The van der Waals surface area contributed by atoms with E-state index in [1.807, 2.05) is 48.5 Å². The fourth-order valence-corrected chi connectivity index (χ4v) is 7.63. The summed E-state index contributed by atoms with van der Waals surface area (Å²) in [6.45, 7) is 0.659. The van der Waals surface area contributed by atoms with Crippen LogP contribution in [0, 0.1) is 11.8 Å². The summed E-state index contributed by atoms with van der Waals surface area (Å²) in [7, 11) is 0. The quantitative estimate of drug-likeness (QED) is 0.144. The zero-order chi connectivity index (χ0) is 33.9. The molecule has 2 fully saturated rings. The van der Waals surface area contributed by atoms with Crippen molar-refractivity contribution in [3.8, 4) is 5.75 Å². The molecule has 2 bridgehead atoms. The second-order valence-corrected chi connectivity index (χ2v) is 13.3. The monoisotopic (exact) mass is 677 g/mol. The lowest BCUT2D eigenvalue weighted by atomic mass is 9.94. The largest absolute Gasteiger partial charge is 0.508 e. The molecule has 5 rings (SSSR count). The molecule has 48 heavy (non-hydrogen) atoms. The van der Waals surface area contributed by atoms with Crippen molar-refractivity contribution in [2.45, 2.75) is 61.2 Å². The van der Waals surface area contributed by atoms with Crippen LogP contribution in [0.4, 0.5) is 9.59 Å². The number of rotatable bonds is 16. The molecule has 0 heterocycles. The Labute approximate surface area is 284 Å². The van der Waals surface area contributed by atoms with E-state index in [9.17, 15) is 29.7 Å². The molecule has 0 spiro atoms. The number of nitrogens with zero attached hydrogens (tertiary/aromatic N) is 2. The van der Waals surface area contributed by atoms with Crippen LogP contribution >= 0.6 is 11.8 Å². The molecule has 0 aliphatic heterocycles. The normalized spacial score (nSPS) is 18.0. The number of amides is 2. The Morgan fingerprint density at radius 1 is 0.854 bits per heavy atom. The van der Waals surface area contributed by atoms with Gasteiger partial charge in [0.15, 0.2) is 0 Å². The van der Waals surface area contributed by atoms with E-state index >= 15 is 0 Å². The van der Waals surface area contributed by atoms with Gasteiger partial charge in [-0.15, -0.1) is 0 Å². The maximum absolute atomic E-state index is 13.2. The number of phenolic OH excluding ortho intramolecular Hbond substituents is 1. The van der Waals surface area contributed by atoms with Crippen LogP contribution in [0.2, 0.25) is 0 Å². The van der Waals surface area contributed by atoms with Crippen molar-refractivity contribution < 1.29 is 39.2 Å². The van der Waals surface area contributed by atoms with Gasteiger partial charge in [-0.1, -0.05) is 66.7 Å². The molecule has 3 aromatic rings. The van der Waals surface area contributed by atoms with Gasteiger partial charge in [0.25, 0.3) is 0 Å². The predicted molar refractivity (Wildman–Crippen MR) is 179 cm³/mol. The van der Waals surface area contributed by atoms with E-state index < -0.39 is 24.7 Å². The zero-order valence-corrected chi connectivity index (χ0v) is 27.6. The summed E-state index contributed by atoms with van der Waals surface area (Å²) in [4.78, 5) is 42.6. The number of carbonyl (C=O) groups is 3. The molecule has 2 saturated carbocycles. The van der Waals surface area contributed by atoms with Crippen LogP contribution in [0.5, 0.6) is 5.75 Å². The predicted octanol–water partition coefficient (Wildman–Crippen LogP) is 5.48. The second-order valence-electron chi connectivity index (χ2n) is 12.2. The molecule has 0 saturated heterocycles. The highest BCUT2D eigenvalue weighted by molar-refractivity contribution is 7.99. The standard InChI is InChI=1S/C36H43N3O8S/c40-24-29-6-2-4-8-33(29)48-32-7-3-1-5-28(32)21-37-15-17-46-35(44)38(22-25-10-13-30(41)14-11-25)16-18-47-36(45)39(23-34(42)43)31-20-26-9-12-27(31)19-26/h1-8,10-11,13-14,26-27,31,37,40-41H,9,12,15-24H2,(H,42,43). The molecule has 3 aromatic carbocycles. The number of benzene rings is 3. The van der Waals surface area contributed by atoms with E-state index in [1.54, 1.807) is 23.9 Å². The molecule has 11 nitrogen and oxygen atoms in total. The highest BCUT2D eigenvalue weighted by Crippen LogP contribution is 2.46. The third-order valence-corrected chi connectivity index (χ3v) is 10.2. The average Bonchev–Trinajstić information content (AvgIpc) is 3.72. The Morgan fingerprint density at radius 3 is 2.21 bits per heavy atom. The molecule has 2 aliphatic rings. The Morgan fingerprint density at radius 2 is 1.54 bits per heavy atom. The van der Waals surface area contributed by atoms with Crippen LogP contribution < -0.4 is 5.32 Å². The minimum Gasteiger partial charge on any atom is -0.508 e. The van der Waals surface area contributed by atoms with Crippen LogP contribution in [-0.4, -0.2) is 82.2 Å². The Kier molecular flexibility index (Phi) is 12.6. The first kappa shape index (κ1) is 35.1. The SMILES string of the molecule is O=C(O)CN(C(=O)OCCN(Cc1ccc(O)cc1)C(=O)OCCNCc1ccccc1Sc1ccccc1CO)C1CC2CCC1C2. The first-order valence-corrected chi connectivity index (χ1v) is 17.1. The lowest BCUT2D eigenvalue weighted by Crippen LogP contribution is -2.47. The Balaban J connectivity index is 1.13. The van der Waals surface area contributed by atoms with Crippen LogP contribution in [0.1, 0.15) is 42.4 Å². The molecule has 2 aliphatic carbocycles. The summed E-state index contributed by atoms with van der Waals surface area (Å²) in [5.74, 6) is -0.163. The number of fused-ring (bicyclic) bond motifs is 2. The van der Waals surface area contributed by atoms with Crippen LogP contribution in [0.15, 0.2) is 82.6 Å². The highest BCUT2D eigenvalue weighted by atomic mass is 32.2. The van der Waals surface area contributed by atoms with E-state index in [4.69, 9.17) is 9.47 Å². The average molecular weight is 678 g/mol. The van der Waals surface area contributed by atoms with Gasteiger partial charge in [-0.3, -0.25) is 9.69 Å². The lowest BCUT2D eigenvalue weighted by Gasteiger charge is -2.33. The highest BCUT2D eigenvalue weighted by Gasteiger charge is 2.44. The van der Waals surface area contributed by atoms with Gasteiger partial charge < -0.3 is 35.0 Å². The van der Waals surface area contributed by atoms with Gasteiger partial charge in [0.1, 0.15) is 25.5 Å². The number of carboxylic acids is 1. The number of hydrogen-bond acceptors (Lipinski definition) is 9. The smallest absolute Gasteiger partial charge is 0.410 e. The van der Waals surface area contributed by atoms with Crippen molar-refractivity contribution in [2.24, 2.45) is 11.8 Å². The van der Waals surface area contributed by atoms with E-state index in [-0.39, 0.29) is 44.7 Å². The van der Waals surface area contributed by atoms with Crippen LogP contribution in [0.25, 0.3) is 0 Å². The van der Waals surface area contributed by atoms with E-state index in [0.29, 0.717) is 24.9 Å². The maximum Gasteiger partial charge on any atom is 0.410 e. The van der Waals surface area contributed by atoms with Crippen molar-refractivity contribution >= 4 is 29.9 Å². The number of ether oxygens (including phenoxy) is 2. The molecule has 12 heteroatoms. The molecule has 2 amide bonds. The molecular weight excluding hydrogens is 634 g/mol. The minimum atomic E-state index is -1.09. The molecule has 4 N–H and O–H groups in total. The van der Waals surface area contributed by atoms with Crippen molar-refractivity contribution in [3.05, 3.63) is 89.5 Å². The summed E-state index contributed by atoms with van der Waals surface area (Å²) in [6.07, 6.45) is 2.64. The van der Waals surface area contributed by atoms with Crippen LogP contribution in [-0.2, 0) is 34.0 Å². The van der Waals surface area contributed by atoms with Crippen LogP contribution in [0.3, 0.4) is 0 Å². The van der Waals surface area contributed by atoms with E-state index in [1.165, 1.54) is 21.9 Å². The molecular formula is C36H43N3O8S. The Bertz CT molecular complexity index is 1540. The maximum atomic E-state index is 13.2. The third kappa shape index (κ3) is 9.65. The van der Waals surface area contributed by atoms with Gasteiger partial charge in [-0.2, -0.15) is 0 Å². The number of hydrogen-bond donors (Lipinski definition) is 4. The summed E-state index contributed by atoms with van der Waals surface area (Å²) in [6, 6.07) is 22.0. The molecule has 3 atom stereocenters. The summed E-state index contributed by atoms with van der Waals surface area (Å²) >= 11 is 1.59. The number of phenols is 1. The molecule has 0 aromatic heterocycles. The zero-order valence-electron chi connectivity index (χ0n) is 26.8. The van der Waals surface area contributed by atoms with E-state index in [0.717, 1.165) is 52.2 Å². The van der Waals surface area contributed by atoms with E-state index in [2.05, 4.69) is 5.32 Å². The number of nitrogens with one attached hydrogen (secondary N) is 1. The van der Waals surface area contributed by atoms with Crippen molar-refractivity contribution in [1.29, 1.82) is 0 Å². The second kappa shape index (κ2) is 17.2. The number of aliphatic hydroxyl groups is 1. The van der Waals surface area contributed by atoms with Gasteiger partial charge in [0.2, 0.25) is 0 Å². The number of carboxylic acid groups (broad SMARTS) is 1. The molecule has 3 unspecified atom stereocenters. The lowest BCUT2D eigenvalue weighted by molar-refractivity contribution is -0.138. The molecule has 0 radical (unpaired) electrons. The summed E-state index contributed by atoms with van der Waals surface area (Å²) < 4.78 is 11.1. The van der Waals surface area contributed by atoms with Crippen molar-refractivity contribution in [1.82, 2.24) is 15.1 Å². The summed E-state index contributed by atoms with van der Waals surface area (Å²) in [5.41, 5.74) is 2.68. The third-order valence-electron chi connectivity index (χ3n) is 8.95. The van der Waals surface area contributed by atoms with Gasteiger partial charge in [-0.25, -0.2) is 9.59 Å². The van der Waals surface area contributed by atoms with Crippen molar-refractivity contribution in [3.63, 3.8) is 0 Å². The topological polar surface area (TPSA) is 149 Å². The molecule has 256 valence electrons. The Hall–Kier alpha value is -4.26. The number of aliphatic hydroxyl groups excluding tert-OH is 1. The number of aromatic hydroxyl groups is 1. The summed E-state index contributed by atoms with van der Waals surface area (Å²) in [5, 5.41) is 32.2. The first-order valence-electron chi connectivity index (χ1n) is 16.3. The number of aliphatic carboxylic acids is 1.